The smallest absolute Gasteiger partial charge is 0.108 e. The van der Waals surface area contributed by atoms with E-state index in [-0.39, 0.29) is 0 Å². The van der Waals surface area contributed by atoms with Crippen LogP contribution in [0.1, 0.15) is 25.0 Å². The summed E-state index contributed by atoms with van der Waals surface area (Å²) in [6.07, 6.45) is 5.80. The molecule has 84 valence electrons. The monoisotopic (exact) mass is 210 g/mol. The fourth-order valence-corrected chi connectivity index (χ4v) is 1.95. The summed E-state index contributed by atoms with van der Waals surface area (Å²) in [7, 11) is 1.67. The van der Waals surface area contributed by atoms with Gasteiger partial charge < -0.3 is 10.1 Å². The van der Waals surface area contributed by atoms with Gasteiger partial charge in [0.05, 0.1) is 19.3 Å². The van der Waals surface area contributed by atoms with Gasteiger partial charge in [-0.15, -0.1) is 5.10 Å². The molecule has 5 heteroatoms. The van der Waals surface area contributed by atoms with Gasteiger partial charge in [0.2, 0.25) is 0 Å². The van der Waals surface area contributed by atoms with Crippen molar-refractivity contribution in [1.29, 1.82) is 0 Å². The van der Waals surface area contributed by atoms with Gasteiger partial charge in [0.25, 0.3) is 0 Å². The molecule has 1 fully saturated rings. The molecule has 0 spiro atoms. The molecule has 0 saturated carbocycles. The minimum absolute atomic E-state index is 0.540. The third kappa shape index (κ3) is 3.00. The molecule has 0 bridgehead atoms. The average molecular weight is 210 g/mol. The van der Waals surface area contributed by atoms with Crippen molar-refractivity contribution in [1.82, 2.24) is 20.3 Å². The van der Waals surface area contributed by atoms with Gasteiger partial charge in [0, 0.05) is 13.2 Å². The number of hydrogen-bond acceptors (Lipinski definition) is 4. The Bertz CT molecular complexity index is 293. The highest BCUT2D eigenvalue weighted by atomic mass is 16.5. The fourth-order valence-electron chi connectivity index (χ4n) is 1.95. The Morgan fingerprint density at radius 2 is 2.53 bits per heavy atom. The Balaban J connectivity index is 1.86. The van der Waals surface area contributed by atoms with Gasteiger partial charge in [0.15, 0.2) is 0 Å². The predicted molar refractivity (Wildman–Crippen MR) is 56.4 cm³/mol. The molecule has 0 unspecified atom stereocenters. The summed E-state index contributed by atoms with van der Waals surface area (Å²) in [5.41, 5.74) is 0.897. The van der Waals surface area contributed by atoms with Gasteiger partial charge in [0.1, 0.15) is 5.69 Å². The van der Waals surface area contributed by atoms with Gasteiger partial charge in [-0.05, 0) is 19.4 Å². The van der Waals surface area contributed by atoms with Crippen molar-refractivity contribution in [3.63, 3.8) is 0 Å². The highest BCUT2D eigenvalue weighted by Gasteiger charge is 2.13. The van der Waals surface area contributed by atoms with E-state index in [1.165, 1.54) is 19.3 Å². The molecule has 0 aromatic carbocycles. The number of piperidine rings is 1. The van der Waals surface area contributed by atoms with Crippen LogP contribution in [0.4, 0.5) is 0 Å². The summed E-state index contributed by atoms with van der Waals surface area (Å²) in [5.74, 6) is 0. The number of rotatable bonds is 4. The zero-order valence-electron chi connectivity index (χ0n) is 9.15. The largest absolute Gasteiger partial charge is 0.378 e. The summed E-state index contributed by atoms with van der Waals surface area (Å²) in [6, 6.07) is 0.552. The molecule has 0 aliphatic carbocycles. The number of nitrogens with zero attached hydrogens (tertiary/aromatic N) is 3. The third-order valence-corrected chi connectivity index (χ3v) is 2.70. The second kappa shape index (κ2) is 5.23. The van der Waals surface area contributed by atoms with Crippen LogP contribution in [0.15, 0.2) is 6.20 Å². The van der Waals surface area contributed by atoms with Crippen molar-refractivity contribution >= 4 is 0 Å². The Kier molecular flexibility index (Phi) is 3.69. The van der Waals surface area contributed by atoms with Crippen molar-refractivity contribution in [2.75, 3.05) is 13.7 Å². The third-order valence-electron chi connectivity index (χ3n) is 2.70. The van der Waals surface area contributed by atoms with Crippen LogP contribution in [0.2, 0.25) is 0 Å². The van der Waals surface area contributed by atoms with Gasteiger partial charge in [-0.2, -0.15) is 0 Å². The highest BCUT2D eigenvalue weighted by Crippen LogP contribution is 2.08. The van der Waals surface area contributed by atoms with E-state index in [1.54, 1.807) is 7.11 Å². The molecule has 1 aromatic heterocycles. The fraction of sp³-hybridized carbons (Fsp3) is 0.800. The van der Waals surface area contributed by atoms with Gasteiger partial charge in [-0.3, -0.25) is 4.68 Å². The van der Waals surface area contributed by atoms with Crippen LogP contribution in [0.25, 0.3) is 0 Å². The quantitative estimate of drug-likeness (QED) is 0.789. The van der Waals surface area contributed by atoms with Gasteiger partial charge in [-0.1, -0.05) is 11.6 Å². The van der Waals surface area contributed by atoms with Crippen molar-refractivity contribution in [3.8, 4) is 0 Å². The molecular formula is C10H18N4O. The zero-order valence-corrected chi connectivity index (χ0v) is 9.15. The molecule has 1 atom stereocenters. The molecule has 1 aromatic rings. The topological polar surface area (TPSA) is 52.0 Å². The minimum Gasteiger partial charge on any atom is -0.378 e. The van der Waals surface area contributed by atoms with E-state index in [0.29, 0.717) is 12.6 Å². The van der Waals surface area contributed by atoms with E-state index in [0.717, 1.165) is 18.8 Å². The normalized spacial score (nSPS) is 21.8. The molecule has 5 nitrogen and oxygen atoms in total. The SMILES string of the molecule is COCc1cn(C[C@H]2CCCCN2)nn1. The second-order valence-corrected chi connectivity index (χ2v) is 4.01. The summed E-state index contributed by atoms with van der Waals surface area (Å²) >= 11 is 0. The molecule has 1 aliphatic heterocycles. The highest BCUT2D eigenvalue weighted by molar-refractivity contribution is 4.90. The molecule has 15 heavy (non-hydrogen) atoms. The average Bonchev–Trinajstić information content (AvgIpc) is 2.68. The Morgan fingerprint density at radius 1 is 1.60 bits per heavy atom. The van der Waals surface area contributed by atoms with Gasteiger partial charge >= 0.3 is 0 Å². The molecule has 0 radical (unpaired) electrons. The minimum atomic E-state index is 0.540. The summed E-state index contributed by atoms with van der Waals surface area (Å²) < 4.78 is 6.90. The maximum atomic E-state index is 5.00. The van der Waals surface area contributed by atoms with Crippen LogP contribution < -0.4 is 5.32 Å². The summed E-state index contributed by atoms with van der Waals surface area (Å²) in [6.45, 7) is 2.58. The Labute approximate surface area is 89.8 Å². The van der Waals surface area contributed by atoms with E-state index in [9.17, 15) is 0 Å². The summed E-state index contributed by atoms with van der Waals surface area (Å²) in [4.78, 5) is 0. The second-order valence-electron chi connectivity index (χ2n) is 4.01. The van der Waals surface area contributed by atoms with Crippen molar-refractivity contribution < 1.29 is 4.74 Å². The lowest BCUT2D eigenvalue weighted by Gasteiger charge is -2.22. The maximum Gasteiger partial charge on any atom is 0.108 e. The molecule has 0 amide bonds. The number of aromatic nitrogens is 3. The van der Waals surface area contributed by atoms with Crippen molar-refractivity contribution in [3.05, 3.63) is 11.9 Å². The number of methoxy groups -OCH3 is 1. The number of nitrogens with one attached hydrogen (secondary N) is 1. The van der Waals surface area contributed by atoms with E-state index >= 15 is 0 Å². The maximum absolute atomic E-state index is 5.00. The predicted octanol–water partition coefficient (Wildman–Crippen LogP) is 0.567. The first kappa shape index (κ1) is 10.6. The molecular weight excluding hydrogens is 192 g/mol. The molecule has 1 saturated heterocycles. The number of hydrogen-bond donors (Lipinski definition) is 1. The lowest BCUT2D eigenvalue weighted by atomic mass is 10.1. The van der Waals surface area contributed by atoms with Crippen molar-refractivity contribution in [2.45, 2.75) is 38.5 Å². The van der Waals surface area contributed by atoms with Crippen LogP contribution in [-0.4, -0.2) is 34.7 Å². The van der Waals surface area contributed by atoms with Crippen molar-refractivity contribution in [2.24, 2.45) is 0 Å². The molecule has 1 N–H and O–H groups in total. The lowest BCUT2D eigenvalue weighted by molar-refractivity contribution is 0.181. The van der Waals surface area contributed by atoms with Crippen LogP contribution in [0.3, 0.4) is 0 Å². The standard InChI is InChI=1S/C10H18N4O/c1-15-8-10-7-14(13-12-10)6-9-4-2-3-5-11-9/h7,9,11H,2-6,8H2,1H3/t9-/m1/s1. The van der Waals surface area contributed by atoms with Crippen LogP contribution in [0, 0.1) is 0 Å². The first-order valence-electron chi connectivity index (χ1n) is 5.50. The van der Waals surface area contributed by atoms with E-state index < -0.39 is 0 Å². The molecule has 2 rings (SSSR count). The first-order chi connectivity index (χ1) is 7.38. The van der Waals surface area contributed by atoms with Crippen LogP contribution >= 0.6 is 0 Å². The first-order valence-corrected chi connectivity index (χ1v) is 5.50. The Hall–Kier alpha value is -0.940. The molecule has 1 aliphatic rings. The van der Waals surface area contributed by atoms with E-state index in [1.807, 2.05) is 10.9 Å². The van der Waals surface area contributed by atoms with Crippen LogP contribution in [-0.2, 0) is 17.9 Å². The van der Waals surface area contributed by atoms with E-state index in [4.69, 9.17) is 4.74 Å². The lowest BCUT2D eigenvalue weighted by Crippen LogP contribution is -2.37. The number of ether oxygens (including phenoxy) is 1. The van der Waals surface area contributed by atoms with Gasteiger partial charge in [-0.25, -0.2) is 0 Å². The van der Waals surface area contributed by atoms with E-state index in [2.05, 4.69) is 15.6 Å². The summed E-state index contributed by atoms with van der Waals surface area (Å²) in [5, 5.41) is 11.6. The zero-order chi connectivity index (χ0) is 10.5. The Morgan fingerprint density at radius 3 is 3.27 bits per heavy atom. The molecule has 2 heterocycles. The van der Waals surface area contributed by atoms with Crippen LogP contribution in [0.5, 0.6) is 0 Å².